The molecule has 0 saturated carbocycles. The number of carbonyl (C=O) groups excluding carboxylic acids is 7. The zero-order valence-electron chi connectivity index (χ0n) is 41.9. The molecule has 76 heavy (non-hydrogen) atoms. The maximum atomic E-state index is 15.0. The lowest BCUT2D eigenvalue weighted by molar-refractivity contribution is -0.143. The van der Waals surface area contributed by atoms with E-state index in [2.05, 4.69) is 42.2 Å². The standard InChI is InChI=1S/C52H64N10O11S3/c1-28(2)44(52(72)73)62-51(71)41-27-76-75-26-40(60-45(65)34(54)23-43(63)64)50(70)59-39(22-31-25-74-42-18-9-7-15-33(31)42)49(69)58-38(21-30-24-55-35-16-8-6-14-32(30)35)48(68)56-36(17-10-11-19-53)46(66)57-37(47(67)61-41)20-29-12-4-3-5-13-29/h3-9,12-16,18,24-25,28,34,36-41,44,55H,10-11,17,19-23,26-27,53-54H2,1-2H3,(H,56,68)(H,57,66)(H,58,69)(H,59,70)(H,60,65)(H,61,67)(H,62,71)(H,63,64)(H,72,73)/t34-,36-,37-,38-,39-,40-,41-,44-/m0/s1. The van der Waals surface area contributed by atoms with Crippen LogP contribution in [0.15, 0.2) is 90.4 Å². The molecule has 21 nitrogen and oxygen atoms in total. The Labute approximate surface area is 450 Å². The molecule has 0 unspecified atom stereocenters. The van der Waals surface area contributed by atoms with Gasteiger partial charge in [-0.2, -0.15) is 0 Å². The zero-order chi connectivity index (χ0) is 54.9. The predicted octanol–water partition coefficient (Wildman–Crippen LogP) is 1.87. The van der Waals surface area contributed by atoms with E-state index in [4.69, 9.17) is 11.5 Å². The first-order chi connectivity index (χ1) is 36.4. The van der Waals surface area contributed by atoms with Crippen molar-refractivity contribution in [2.75, 3.05) is 18.1 Å². The first-order valence-corrected chi connectivity index (χ1v) is 28.1. The molecule has 0 spiro atoms. The first kappa shape index (κ1) is 58.3. The number of carboxylic acid groups (broad SMARTS) is 2. The Morgan fingerprint density at radius 1 is 0.684 bits per heavy atom. The third-order valence-electron chi connectivity index (χ3n) is 12.6. The average Bonchev–Trinajstić information content (AvgIpc) is 4.00. The van der Waals surface area contributed by atoms with Gasteiger partial charge in [-0.25, -0.2) is 4.79 Å². The molecule has 2 aromatic heterocycles. The molecule has 8 atom stereocenters. The minimum atomic E-state index is -1.58. The van der Waals surface area contributed by atoms with Gasteiger partial charge in [0.25, 0.3) is 0 Å². The fourth-order valence-corrected chi connectivity index (χ4v) is 11.8. The van der Waals surface area contributed by atoms with E-state index in [1.807, 2.05) is 53.9 Å². The summed E-state index contributed by atoms with van der Waals surface area (Å²) < 4.78 is 0.898. The normalized spacial score (nSPS) is 21.3. The van der Waals surface area contributed by atoms with E-state index in [1.165, 1.54) is 11.3 Å². The number of unbranched alkanes of at least 4 members (excludes halogenated alkanes) is 1. The molecule has 0 aliphatic carbocycles. The highest BCUT2D eigenvalue weighted by atomic mass is 33.1. The topological polar surface area (TPSA) is 346 Å². The van der Waals surface area contributed by atoms with Crippen LogP contribution in [-0.4, -0.2) is 135 Å². The number of hydrogen-bond donors (Lipinski definition) is 12. The number of thiophene rings is 1. The van der Waals surface area contributed by atoms with Crippen molar-refractivity contribution in [3.8, 4) is 0 Å². The second-order valence-corrected chi connectivity index (χ2v) is 22.2. The molecule has 0 radical (unpaired) electrons. The van der Waals surface area contributed by atoms with Crippen molar-refractivity contribution in [3.05, 3.63) is 107 Å². The lowest BCUT2D eigenvalue weighted by atomic mass is 10.00. The van der Waals surface area contributed by atoms with Gasteiger partial charge in [0.1, 0.15) is 42.3 Å². The Hall–Kier alpha value is -6.99. The summed E-state index contributed by atoms with van der Waals surface area (Å²) >= 11 is 1.42. The van der Waals surface area contributed by atoms with Gasteiger partial charge >= 0.3 is 11.9 Å². The third-order valence-corrected chi connectivity index (χ3v) is 16.1. The SMILES string of the molecule is CC(C)[C@H](NC(=O)[C@@H]1CSSC[C@H](NC(=O)[C@@H](N)CC(=O)O)C(=O)N[C@@H](Cc2csc3ccccc23)C(=O)N[C@@H](Cc2c[nH]c3ccccc23)C(=O)N[C@@H](CCCCN)C(=O)N[C@@H](Cc2ccccc2)C(=O)N1)C(=O)O. The molecule has 406 valence electrons. The van der Waals surface area contributed by atoms with Crippen LogP contribution in [-0.2, 0) is 62.4 Å². The van der Waals surface area contributed by atoms with Gasteiger partial charge in [0.2, 0.25) is 41.4 Å². The summed E-state index contributed by atoms with van der Waals surface area (Å²) in [4.78, 5) is 128. The van der Waals surface area contributed by atoms with Crippen molar-refractivity contribution in [2.45, 2.75) is 107 Å². The van der Waals surface area contributed by atoms with E-state index in [0.717, 1.165) is 42.6 Å². The molecule has 1 fully saturated rings. The number of aromatic amines is 1. The average molecular weight is 1100 g/mol. The smallest absolute Gasteiger partial charge is 0.326 e. The summed E-state index contributed by atoms with van der Waals surface area (Å²) in [6.07, 6.45) is 1.53. The number of amides is 7. The molecule has 14 N–H and O–H groups in total. The van der Waals surface area contributed by atoms with E-state index in [1.54, 1.807) is 50.4 Å². The molecule has 3 heterocycles. The number of carboxylic acids is 2. The van der Waals surface area contributed by atoms with E-state index in [-0.39, 0.29) is 43.7 Å². The second-order valence-electron chi connectivity index (χ2n) is 18.7. The largest absolute Gasteiger partial charge is 0.481 e. The van der Waals surface area contributed by atoms with Crippen molar-refractivity contribution in [1.29, 1.82) is 0 Å². The Bertz CT molecular complexity index is 2860. The van der Waals surface area contributed by atoms with E-state index < -0.39 is 114 Å². The summed E-state index contributed by atoms with van der Waals surface area (Å²) in [5, 5.41) is 41.8. The van der Waals surface area contributed by atoms with Crippen LogP contribution < -0.4 is 48.7 Å². The minimum Gasteiger partial charge on any atom is -0.481 e. The number of H-pyrrole nitrogens is 1. The Morgan fingerprint density at radius 2 is 1.26 bits per heavy atom. The Morgan fingerprint density at radius 3 is 1.93 bits per heavy atom. The number of carbonyl (C=O) groups is 9. The number of rotatable bonds is 18. The molecular weight excluding hydrogens is 1040 g/mol. The van der Waals surface area contributed by atoms with Gasteiger partial charge in [-0.3, -0.25) is 38.4 Å². The predicted molar refractivity (Wildman–Crippen MR) is 292 cm³/mol. The number of benzene rings is 3. The number of nitrogens with one attached hydrogen (secondary N) is 8. The van der Waals surface area contributed by atoms with Gasteiger partial charge in [0.15, 0.2) is 0 Å². The summed E-state index contributed by atoms with van der Waals surface area (Å²) in [5.41, 5.74) is 14.5. The van der Waals surface area contributed by atoms with Crippen molar-refractivity contribution in [2.24, 2.45) is 17.4 Å². The monoisotopic (exact) mass is 1100 g/mol. The Kier molecular flexibility index (Phi) is 21.6. The van der Waals surface area contributed by atoms with Gasteiger partial charge < -0.3 is 63.9 Å². The zero-order valence-corrected chi connectivity index (χ0v) is 44.3. The summed E-state index contributed by atoms with van der Waals surface area (Å²) in [7, 11) is 1.94. The van der Waals surface area contributed by atoms with E-state index >= 15 is 0 Å². The van der Waals surface area contributed by atoms with Crippen molar-refractivity contribution >= 4 is 107 Å². The van der Waals surface area contributed by atoms with E-state index in [0.29, 0.717) is 29.5 Å². The van der Waals surface area contributed by atoms with Crippen LogP contribution >= 0.6 is 32.9 Å². The van der Waals surface area contributed by atoms with Crippen LogP contribution in [0.3, 0.4) is 0 Å². The molecule has 1 saturated heterocycles. The molecule has 1 aliphatic rings. The molecular formula is C52H64N10O11S3. The summed E-state index contributed by atoms with van der Waals surface area (Å²) in [6, 6.07) is 12.2. The maximum Gasteiger partial charge on any atom is 0.326 e. The quantitative estimate of drug-likeness (QED) is 0.0440. The number of fused-ring (bicyclic) bond motifs is 2. The van der Waals surface area contributed by atoms with Crippen LogP contribution in [0, 0.1) is 5.92 Å². The number of aliphatic carboxylic acids is 2. The van der Waals surface area contributed by atoms with Gasteiger partial charge in [-0.05, 0) is 71.3 Å². The minimum absolute atomic E-state index is 0.0556. The number of para-hydroxylation sites is 1. The lowest BCUT2D eigenvalue weighted by Gasteiger charge is -2.29. The first-order valence-electron chi connectivity index (χ1n) is 24.7. The molecule has 7 amide bonds. The Balaban J connectivity index is 1.45. The van der Waals surface area contributed by atoms with Crippen LogP contribution in [0.25, 0.3) is 21.0 Å². The third kappa shape index (κ3) is 16.5. The second kappa shape index (κ2) is 28.2. The molecule has 1 aliphatic heterocycles. The van der Waals surface area contributed by atoms with Gasteiger partial charge in [0, 0.05) is 52.6 Å². The number of aromatic nitrogens is 1. The van der Waals surface area contributed by atoms with Gasteiger partial charge in [0.05, 0.1) is 12.5 Å². The highest BCUT2D eigenvalue weighted by Gasteiger charge is 2.36. The maximum absolute atomic E-state index is 15.0. The fourth-order valence-electron chi connectivity index (χ4n) is 8.46. The number of hydrogen-bond acceptors (Lipinski definition) is 14. The van der Waals surface area contributed by atoms with Crippen LogP contribution in [0.2, 0.25) is 0 Å². The van der Waals surface area contributed by atoms with Crippen molar-refractivity contribution < 1.29 is 53.4 Å². The molecule has 5 aromatic rings. The fraction of sp³-hybridized carbons (Fsp3) is 0.404. The van der Waals surface area contributed by atoms with Gasteiger partial charge in [-0.15, -0.1) is 11.3 Å². The lowest BCUT2D eigenvalue weighted by Crippen LogP contribution is -2.61. The number of nitrogens with two attached hydrogens (primary N) is 2. The van der Waals surface area contributed by atoms with E-state index in [9.17, 15) is 53.4 Å². The molecule has 6 rings (SSSR count). The van der Waals surface area contributed by atoms with Crippen molar-refractivity contribution in [1.82, 2.24) is 42.2 Å². The van der Waals surface area contributed by atoms with Crippen LogP contribution in [0.1, 0.15) is 56.2 Å². The van der Waals surface area contributed by atoms with Crippen molar-refractivity contribution in [3.63, 3.8) is 0 Å². The van der Waals surface area contributed by atoms with Crippen LogP contribution in [0.5, 0.6) is 0 Å². The summed E-state index contributed by atoms with van der Waals surface area (Å²) in [6.45, 7) is 3.45. The summed E-state index contributed by atoms with van der Waals surface area (Å²) in [5.74, 6) is -9.71. The van der Waals surface area contributed by atoms with Gasteiger partial charge in [-0.1, -0.05) is 102 Å². The molecule has 0 bridgehead atoms. The highest BCUT2D eigenvalue weighted by Crippen LogP contribution is 2.28. The molecule has 24 heteroatoms. The molecule has 3 aromatic carbocycles. The highest BCUT2D eigenvalue weighted by molar-refractivity contribution is 8.76. The van der Waals surface area contributed by atoms with Crippen LogP contribution in [0.4, 0.5) is 0 Å².